The first-order chi connectivity index (χ1) is 7.07. The van der Waals surface area contributed by atoms with Crippen molar-refractivity contribution < 1.29 is 8.42 Å². The molecule has 0 amide bonds. The van der Waals surface area contributed by atoms with Crippen molar-refractivity contribution in [2.45, 2.75) is 36.8 Å². The monoisotopic (exact) mass is 228 g/mol. The third-order valence-corrected chi connectivity index (χ3v) is 4.72. The number of aromatic nitrogens is 2. The summed E-state index contributed by atoms with van der Waals surface area (Å²) in [5, 5.41) is 2.94. The summed E-state index contributed by atoms with van der Waals surface area (Å²) in [7, 11) is -3.06. The molecule has 1 aromatic rings. The zero-order chi connectivity index (χ0) is 10.6. The number of hydrogen-bond acceptors (Lipinski definition) is 3. The fourth-order valence-corrected chi connectivity index (χ4v) is 3.72. The second-order valence-electron chi connectivity index (χ2n) is 4.36. The Bertz CT molecular complexity index is 563. The fraction of sp³-hybridized carbons (Fsp3) is 0.667. The number of H-pyrrole nitrogens is 1. The summed E-state index contributed by atoms with van der Waals surface area (Å²) in [6.45, 7) is 0. The maximum atomic E-state index is 11.9. The number of nitrogens with zero attached hydrogens (tertiary/aromatic N) is 1. The Morgan fingerprint density at radius 1 is 1.27 bits per heavy atom. The highest BCUT2D eigenvalue weighted by molar-refractivity contribution is 7.90. The first-order valence-corrected chi connectivity index (χ1v) is 6.92. The lowest BCUT2D eigenvalue weighted by Gasteiger charge is -2.25. The number of rotatable bonds is 1. The van der Waals surface area contributed by atoms with Crippen LogP contribution >= 0.6 is 0 Å². The van der Waals surface area contributed by atoms with Gasteiger partial charge in [-0.05, 0) is 19.3 Å². The van der Waals surface area contributed by atoms with E-state index in [1.54, 1.807) is 4.68 Å². The summed E-state index contributed by atoms with van der Waals surface area (Å²) in [6.07, 6.45) is 3.19. The molecule has 3 rings (SSSR count). The van der Waals surface area contributed by atoms with E-state index in [1.165, 1.54) is 0 Å². The lowest BCUT2D eigenvalue weighted by atomic mass is 9.93. The lowest BCUT2D eigenvalue weighted by Crippen LogP contribution is -2.28. The van der Waals surface area contributed by atoms with Gasteiger partial charge in [0.15, 0.2) is 9.84 Å². The molecule has 0 unspecified atom stereocenters. The van der Waals surface area contributed by atoms with E-state index in [-0.39, 0.29) is 23.1 Å². The van der Waals surface area contributed by atoms with Gasteiger partial charge in [0, 0.05) is 0 Å². The highest BCUT2D eigenvalue weighted by Crippen LogP contribution is 2.31. The molecular formula is C9H12N2O3S. The minimum absolute atomic E-state index is 0.00269. The Morgan fingerprint density at radius 3 is 2.53 bits per heavy atom. The zero-order valence-electron chi connectivity index (χ0n) is 8.19. The molecule has 6 heteroatoms. The van der Waals surface area contributed by atoms with Gasteiger partial charge in [-0.3, -0.25) is 9.89 Å². The van der Waals surface area contributed by atoms with Gasteiger partial charge in [0.2, 0.25) is 0 Å². The largest absolute Gasteiger partial charge is 0.298 e. The van der Waals surface area contributed by atoms with Crippen LogP contribution in [0.5, 0.6) is 0 Å². The van der Waals surface area contributed by atoms with Crippen molar-refractivity contribution in [1.82, 2.24) is 9.78 Å². The first-order valence-electron chi connectivity index (χ1n) is 5.09. The van der Waals surface area contributed by atoms with E-state index in [9.17, 15) is 13.2 Å². The van der Waals surface area contributed by atoms with Crippen LogP contribution in [0.25, 0.3) is 0 Å². The Morgan fingerprint density at radius 2 is 2.00 bits per heavy atom. The minimum Gasteiger partial charge on any atom is -0.298 e. The van der Waals surface area contributed by atoms with Gasteiger partial charge in [-0.15, -0.1) is 0 Å². The highest BCUT2D eigenvalue weighted by Gasteiger charge is 2.32. The predicted molar refractivity (Wildman–Crippen MR) is 54.3 cm³/mol. The average Bonchev–Trinajstić information content (AvgIpc) is 2.46. The molecule has 1 aliphatic heterocycles. The molecule has 0 aromatic carbocycles. The van der Waals surface area contributed by atoms with E-state index >= 15 is 0 Å². The van der Waals surface area contributed by atoms with Crippen LogP contribution < -0.4 is 5.56 Å². The standard InChI is InChI=1S/C9H12N2O3S/c12-9-7-4-15(13,14)5-8(7)10-11(9)6-2-1-3-6/h6,10H,1-5H2. The smallest absolute Gasteiger partial charge is 0.271 e. The molecule has 82 valence electrons. The minimum atomic E-state index is -3.06. The van der Waals surface area contributed by atoms with Crippen LogP contribution in [0.15, 0.2) is 4.79 Å². The summed E-state index contributed by atoms with van der Waals surface area (Å²) in [6, 6.07) is 0.269. The van der Waals surface area contributed by atoms with Crippen molar-refractivity contribution in [3.63, 3.8) is 0 Å². The SMILES string of the molecule is O=c1c2c([nH]n1C1CCC1)CS(=O)(=O)C2. The van der Waals surface area contributed by atoms with Crippen LogP contribution in [0.1, 0.15) is 36.6 Å². The van der Waals surface area contributed by atoms with Gasteiger partial charge in [0.25, 0.3) is 5.56 Å². The molecule has 1 aromatic heterocycles. The van der Waals surface area contributed by atoms with Crippen LogP contribution in [0.4, 0.5) is 0 Å². The van der Waals surface area contributed by atoms with E-state index in [4.69, 9.17) is 0 Å². The lowest BCUT2D eigenvalue weighted by molar-refractivity contribution is 0.282. The van der Waals surface area contributed by atoms with Crippen molar-refractivity contribution in [2.75, 3.05) is 0 Å². The Hall–Kier alpha value is -1.04. The third-order valence-electron chi connectivity index (χ3n) is 3.26. The molecule has 0 saturated heterocycles. The third kappa shape index (κ3) is 1.27. The molecule has 1 aliphatic carbocycles. The van der Waals surface area contributed by atoms with Gasteiger partial charge in [-0.1, -0.05) is 0 Å². The summed E-state index contributed by atoms with van der Waals surface area (Å²) in [5.41, 5.74) is 0.935. The van der Waals surface area contributed by atoms with Gasteiger partial charge in [0.1, 0.15) is 0 Å². The average molecular weight is 228 g/mol. The van der Waals surface area contributed by atoms with Crippen LogP contribution in [0.3, 0.4) is 0 Å². The van der Waals surface area contributed by atoms with Gasteiger partial charge in [-0.25, -0.2) is 13.1 Å². The number of fused-ring (bicyclic) bond motifs is 1. The van der Waals surface area contributed by atoms with Gasteiger partial charge < -0.3 is 0 Å². The molecule has 1 N–H and O–H groups in total. The summed E-state index contributed by atoms with van der Waals surface area (Å²) in [4.78, 5) is 11.9. The topological polar surface area (TPSA) is 71.9 Å². The quantitative estimate of drug-likeness (QED) is 0.753. The zero-order valence-corrected chi connectivity index (χ0v) is 9.01. The number of nitrogens with one attached hydrogen (secondary N) is 1. The van der Waals surface area contributed by atoms with Crippen molar-refractivity contribution >= 4 is 9.84 Å². The van der Waals surface area contributed by atoms with E-state index in [0.29, 0.717) is 11.3 Å². The van der Waals surface area contributed by atoms with Crippen LogP contribution in [-0.2, 0) is 21.3 Å². The number of hydrogen-bond donors (Lipinski definition) is 1. The second kappa shape index (κ2) is 2.75. The molecular weight excluding hydrogens is 216 g/mol. The van der Waals surface area contributed by atoms with E-state index in [0.717, 1.165) is 19.3 Å². The summed E-state index contributed by atoms with van der Waals surface area (Å²) < 4.78 is 24.2. The molecule has 5 nitrogen and oxygen atoms in total. The Kier molecular flexibility index (Phi) is 1.69. The van der Waals surface area contributed by atoms with Crippen molar-refractivity contribution in [3.8, 4) is 0 Å². The normalized spacial score (nSPS) is 23.7. The fourth-order valence-electron chi connectivity index (χ4n) is 2.20. The second-order valence-corrected chi connectivity index (χ2v) is 6.43. The molecule has 2 heterocycles. The number of sulfone groups is 1. The van der Waals surface area contributed by atoms with Gasteiger partial charge >= 0.3 is 0 Å². The molecule has 0 bridgehead atoms. The molecule has 15 heavy (non-hydrogen) atoms. The Labute approximate surface area is 87.0 Å². The molecule has 0 spiro atoms. The van der Waals surface area contributed by atoms with Crippen molar-refractivity contribution in [3.05, 3.63) is 21.6 Å². The molecule has 0 radical (unpaired) electrons. The van der Waals surface area contributed by atoms with Crippen LogP contribution in [-0.4, -0.2) is 18.2 Å². The maximum absolute atomic E-state index is 11.9. The van der Waals surface area contributed by atoms with E-state index in [1.807, 2.05) is 0 Å². The highest BCUT2D eigenvalue weighted by atomic mass is 32.2. The molecule has 1 fully saturated rings. The molecule has 0 atom stereocenters. The molecule has 2 aliphatic rings. The van der Waals surface area contributed by atoms with Gasteiger partial charge in [-0.2, -0.15) is 0 Å². The summed E-state index contributed by atoms with van der Waals surface area (Å²) >= 11 is 0. The van der Waals surface area contributed by atoms with Crippen molar-refractivity contribution in [2.24, 2.45) is 0 Å². The van der Waals surface area contributed by atoms with Crippen LogP contribution in [0, 0.1) is 0 Å². The molecule has 1 saturated carbocycles. The van der Waals surface area contributed by atoms with E-state index < -0.39 is 9.84 Å². The number of aromatic amines is 1. The van der Waals surface area contributed by atoms with Crippen LogP contribution in [0.2, 0.25) is 0 Å². The Balaban J connectivity index is 2.07. The van der Waals surface area contributed by atoms with E-state index in [2.05, 4.69) is 5.10 Å². The van der Waals surface area contributed by atoms with Crippen molar-refractivity contribution in [1.29, 1.82) is 0 Å². The first kappa shape index (κ1) is 9.21. The van der Waals surface area contributed by atoms with Gasteiger partial charge in [0.05, 0.1) is 28.8 Å². The summed E-state index contributed by atoms with van der Waals surface area (Å²) in [5.74, 6) is -0.0886. The predicted octanol–water partition coefficient (Wildman–Crippen LogP) is 0.330. The maximum Gasteiger partial charge on any atom is 0.271 e.